The normalized spacial score (nSPS) is 17.7. The zero-order valence-electron chi connectivity index (χ0n) is 12.8. The first-order chi connectivity index (χ1) is 11.6. The molecule has 1 unspecified atom stereocenters. The molecular formula is C18H16BrFN2O2. The van der Waals surface area contributed by atoms with Gasteiger partial charge in [-0.05, 0) is 43.2 Å². The molecule has 3 rings (SSSR count). The van der Waals surface area contributed by atoms with Crippen molar-refractivity contribution in [2.75, 3.05) is 11.4 Å². The van der Waals surface area contributed by atoms with Crippen molar-refractivity contribution in [2.24, 2.45) is 0 Å². The van der Waals surface area contributed by atoms with Gasteiger partial charge in [0, 0.05) is 16.7 Å². The summed E-state index contributed by atoms with van der Waals surface area (Å²) >= 11 is 3.22. The third-order valence-electron chi connectivity index (χ3n) is 3.98. The number of carbonyl (C=O) groups is 2. The second-order valence-corrected chi connectivity index (χ2v) is 6.53. The summed E-state index contributed by atoms with van der Waals surface area (Å²) in [6, 6.07) is 12.8. The summed E-state index contributed by atoms with van der Waals surface area (Å²) in [5.74, 6) is -1.36. The van der Waals surface area contributed by atoms with Crippen molar-refractivity contribution in [1.29, 1.82) is 0 Å². The zero-order valence-corrected chi connectivity index (χ0v) is 14.4. The maximum atomic E-state index is 13.8. The molecule has 2 aromatic carbocycles. The van der Waals surface area contributed by atoms with Gasteiger partial charge in [0.1, 0.15) is 11.9 Å². The van der Waals surface area contributed by atoms with Gasteiger partial charge in [-0.2, -0.15) is 0 Å². The Morgan fingerprint density at radius 2 is 1.96 bits per heavy atom. The van der Waals surface area contributed by atoms with Crippen LogP contribution in [0.1, 0.15) is 23.2 Å². The van der Waals surface area contributed by atoms with Crippen LogP contribution in [0.15, 0.2) is 53.0 Å². The van der Waals surface area contributed by atoms with Crippen LogP contribution in [0.2, 0.25) is 0 Å². The van der Waals surface area contributed by atoms with Crippen molar-refractivity contribution in [2.45, 2.75) is 18.9 Å². The molecule has 1 atom stereocenters. The number of anilines is 1. The van der Waals surface area contributed by atoms with Gasteiger partial charge >= 0.3 is 0 Å². The number of hydrogen-bond donors (Lipinski definition) is 1. The van der Waals surface area contributed by atoms with Gasteiger partial charge in [-0.1, -0.05) is 34.1 Å². The minimum Gasteiger partial charge on any atom is -0.340 e. The van der Waals surface area contributed by atoms with Crippen LogP contribution in [0.25, 0.3) is 0 Å². The molecule has 1 N–H and O–H groups in total. The number of benzene rings is 2. The number of nitrogens with one attached hydrogen (secondary N) is 1. The third kappa shape index (κ3) is 3.48. The van der Waals surface area contributed by atoms with Crippen LogP contribution in [-0.2, 0) is 4.79 Å². The summed E-state index contributed by atoms with van der Waals surface area (Å²) in [5.41, 5.74) is 0.726. The molecule has 1 fully saturated rings. The second kappa shape index (κ2) is 7.13. The van der Waals surface area contributed by atoms with Gasteiger partial charge in [0.05, 0.1) is 5.56 Å². The van der Waals surface area contributed by atoms with E-state index in [1.165, 1.54) is 18.2 Å². The molecule has 1 heterocycles. The summed E-state index contributed by atoms with van der Waals surface area (Å²) in [6.07, 6.45) is 1.32. The minimum atomic E-state index is -0.648. The van der Waals surface area contributed by atoms with E-state index in [1.54, 1.807) is 4.90 Å². The number of halogens is 2. The van der Waals surface area contributed by atoms with E-state index >= 15 is 0 Å². The van der Waals surface area contributed by atoms with Gasteiger partial charge in [-0.3, -0.25) is 9.59 Å². The molecule has 2 amide bonds. The van der Waals surface area contributed by atoms with Crippen LogP contribution < -0.4 is 10.2 Å². The summed E-state index contributed by atoms with van der Waals surface area (Å²) in [4.78, 5) is 26.6. The largest absolute Gasteiger partial charge is 0.340 e. The molecule has 1 aliphatic rings. The van der Waals surface area contributed by atoms with Gasteiger partial charge in [0.2, 0.25) is 5.91 Å². The molecule has 2 aromatic rings. The molecule has 0 aromatic heterocycles. The average Bonchev–Trinajstić information content (AvgIpc) is 2.59. The Hall–Kier alpha value is -2.21. The molecule has 0 bridgehead atoms. The van der Waals surface area contributed by atoms with E-state index in [9.17, 15) is 14.0 Å². The standard InChI is InChI=1S/C18H16BrFN2O2/c19-12-8-9-15(20)14(11-12)17(23)21-16-7-4-10-22(18(16)24)13-5-2-1-3-6-13/h1-3,5-6,8-9,11,16H,4,7,10H2,(H,21,23). The number of hydrogen-bond acceptors (Lipinski definition) is 2. The van der Waals surface area contributed by atoms with Gasteiger partial charge < -0.3 is 10.2 Å². The van der Waals surface area contributed by atoms with Crippen LogP contribution in [0.5, 0.6) is 0 Å². The molecule has 6 heteroatoms. The predicted octanol–water partition coefficient (Wildman–Crippen LogP) is 3.51. The van der Waals surface area contributed by atoms with Crippen molar-refractivity contribution >= 4 is 33.4 Å². The van der Waals surface area contributed by atoms with Gasteiger partial charge in [0.15, 0.2) is 0 Å². The molecule has 0 saturated carbocycles. The molecule has 0 radical (unpaired) electrons. The van der Waals surface area contributed by atoms with Gasteiger partial charge in [0.25, 0.3) is 5.91 Å². The fourth-order valence-electron chi connectivity index (χ4n) is 2.78. The van der Waals surface area contributed by atoms with Crippen molar-refractivity contribution in [3.8, 4) is 0 Å². The lowest BCUT2D eigenvalue weighted by Gasteiger charge is -2.32. The van der Waals surface area contributed by atoms with Crippen molar-refractivity contribution in [1.82, 2.24) is 5.32 Å². The topological polar surface area (TPSA) is 49.4 Å². The van der Waals surface area contributed by atoms with Crippen LogP contribution in [0, 0.1) is 5.82 Å². The molecule has 124 valence electrons. The molecule has 1 aliphatic heterocycles. The zero-order chi connectivity index (χ0) is 17.1. The SMILES string of the molecule is O=C(NC1CCCN(c2ccccc2)C1=O)c1cc(Br)ccc1F. The van der Waals surface area contributed by atoms with Crippen LogP contribution in [0.3, 0.4) is 0 Å². The highest BCUT2D eigenvalue weighted by Gasteiger charge is 2.31. The Kier molecular flexibility index (Phi) is 4.94. The maximum Gasteiger partial charge on any atom is 0.254 e. The Balaban J connectivity index is 1.76. The summed E-state index contributed by atoms with van der Waals surface area (Å²) in [6.45, 7) is 0.612. The number of amides is 2. The highest BCUT2D eigenvalue weighted by atomic mass is 79.9. The fraction of sp³-hybridized carbons (Fsp3) is 0.222. The van der Waals surface area contributed by atoms with E-state index < -0.39 is 17.8 Å². The first kappa shape index (κ1) is 16.6. The summed E-state index contributed by atoms with van der Waals surface area (Å²) in [7, 11) is 0. The van der Waals surface area contributed by atoms with E-state index in [1.807, 2.05) is 30.3 Å². The van der Waals surface area contributed by atoms with Gasteiger partial charge in [-0.15, -0.1) is 0 Å². The first-order valence-corrected chi connectivity index (χ1v) is 8.48. The molecule has 4 nitrogen and oxygen atoms in total. The molecule has 24 heavy (non-hydrogen) atoms. The molecular weight excluding hydrogens is 375 g/mol. The van der Waals surface area contributed by atoms with Crippen molar-refractivity contribution in [3.05, 3.63) is 64.4 Å². The maximum absolute atomic E-state index is 13.8. The van der Waals surface area contributed by atoms with Crippen molar-refractivity contribution < 1.29 is 14.0 Å². The highest BCUT2D eigenvalue weighted by molar-refractivity contribution is 9.10. The van der Waals surface area contributed by atoms with E-state index in [4.69, 9.17) is 0 Å². The smallest absolute Gasteiger partial charge is 0.254 e. The van der Waals surface area contributed by atoms with E-state index in [0.29, 0.717) is 17.4 Å². The summed E-state index contributed by atoms with van der Waals surface area (Å²) < 4.78 is 14.4. The Morgan fingerprint density at radius 1 is 1.21 bits per heavy atom. The van der Waals surface area contributed by atoms with E-state index in [2.05, 4.69) is 21.2 Å². The van der Waals surface area contributed by atoms with Crippen LogP contribution in [-0.4, -0.2) is 24.4 Å². The molecule has 1 saturated heterocycles. The summed E-state index contributed by atoms with van der Waals surface area (Å²) in [5, 5.41) is 2.66. The second-order valence-electron chi connectivity index (χ2n) is 5.62. The molecule has 0 aliphatic carbocycles. The fourth-order valence-corrected chi connectivity index (χ4v) is 3.14. The number of rotatable bonds is 3. The average molecular weight is 391 g/mol. The highest BCUT2D eigenvalue weighted by Crippen LogP contribution is 2.21. The minimum absolute atomic E-state index is 0.0750. The lowest BCUT2D eigenvalue weighted by Crippen LogP contribution is -2.52. The van der Waals surface area contributed by atoms with Crippen LogP contribution in [0.4, 0.5) is 10.1 Å². The quantitative estimate of drug-likeness (QED) is 0.871. The number of nitrogens with zero attached hydrogens (tertiary/aromatic N) is 1. The number of para-hydroxylation sites is 1. The Bertz CT molecular complexity index is 767. The van der Waals surface area contributed by atoms with E-state index in [0.717, 1.165) is 12.1 Å². The van der Waals surface area contributed by atoms with Crippen molar-refractivity contribution in [3.63, 3.8) is 0 Å². The third-order valence-corrected chi connectivity index (χ3v) is 4.48. The first-order valence-electron chi connectivity index (χ1n) is 7.68. The monoisotopic (exact) mass is 390 g/mol. The lowest BCUT2D eigenvalue weighted by atomic mass is 10.0. The number of carbonyl (C=O) groups excluding carboxylic acids is 2. The lowest BCUT2D eigenvalue weighted by molar-refractivity contribution is -0.121. The Labute approximate surface area is 147 Å². The number of piperidine rings is 1. The van der Waals surface area contributed by atoms with Gasteiger partial charge in [-0.25, -0.2) is 4.39 Å². The Morgan fingerprint density at radius 3 is 2.71 bits per heavy atom. The van der Waals surface area contributed by atoms with E-state index in [-0.39, 0.29) is 11.5 Å². The molecule has 0 spiro atoms. The van der Waals surface area contributed by atoms with Crippen LogP contribution >= 0.6 is 15.9 Å². The predicted molar refractivity (Wildman–Crippen MR) is 93.4 cm³/mol.